The van der Waals surface area contributed by atoms with Gasteiger partial charge in [0.15, 0.2) is 6.10 Å². The van der Waals surface area contributed by atoms with Gasteiger partial charge in [0.1, 0.15) is 5.75 Å². The van der Waals surface area contributed by atoms with E-state index in [1.54, 1.807) is 0 Å². The maximum atomic E-state index is 12.1. The number of amides is 1. The van der Waals surface area contributed by atoms with E-state index in [2.05, 4.69) is 16.3 Å². The van der Waals surface area contributed by atoms with Crippen molar-refractivity contribution in [2.45, 2.75) is 45.1 Å². The first-order valence-corrected chi connectivity index (χ1v) is 8.28. The standard InChI is InChI=1S/C18H28N2O2/c1-14(18(21)19-12-7-13-20(2)3)22-17-11-6-9-15-8-4-5-10-16(15)17/h6,9,11,14H,4-5,7-8,10,12-13H2,1-3H3,(H,19,21)/t14-/m0/s1. The van der Waals surface area contributed by atoms with E-state index in [0.29, 0.717) is 6.54 Å². The number of benzene rings is 1. The van der Waals surface area contributed by atoms with E-state index in [4.69, 9.17) is 4.74 Å². The van der Waals surface area contributed by atoms with Crippen LogP contribution in [0.25, 0.3) is 0 Å². The number of carbonyl (C=O) groups is 1. The van der Waals surface area contributed by atoms with Gasteiger partial charge in [-0.25, -0.2) is 0 Å². The van der Waals surface area contributed by atoms with Crippen molar-refractivity contribution in [1.29, 1.82) is 0 Å². The van der Waals surface area contributed by atoms with Crippen molar-refractivity contribution in [3.8, 4) is 5.75 Å². The molecule has 0 saturated heterocycles. The molecule has 4 heteroatoms. The zero-order valence-corrected chi connectivity index (χ0v) is 14.0. The zero-order chi connectivity index (χ0) is 15.9. The van der Waals surface area contributed by atoms with Gasteiger partial charge in [-0.1, -0.05) is 12.1 Å². The zero-order valence-electron chi connectivity index (χ0n) is 14.0. The van der Waals surface area contributed by atoms with Crippen LogP contribution >= 0.6 is 0 Å². The van der Waals surface area contributed by atoms with Crippen molar-refractivity contribution in [3.63, 3.8) is 0 Å². The summed E-state index contributed by atoms with van der Waals surface area (Å²) in [6, 6.07) is 6.19. The minimum Gasteiger partial charge on any atom is -0.481 e. The summed E-state index contributed by atoms with van der Waals surface area (Å²) in [7, 11) is 4.07. The lowest BCUT2D eigenvalue weighted by atomic mass is 9.91. The lowest BCUT2D eigenvalue weighted by molar-refractivity contribution is -0.127. The molecule has 0 unspecified atom stereocenters. The normalized spacial score (nSPS) is 15.3. The number of rotatable bonds is 7. The van der Waals surface area contributed by atoms with E-state index in [1.807, 2.05) is 33.2 Å². The Bertz CT molecular complexity index is 500. The molecule has 1 aromatic rings. The van der Waals surface area contributed by atoms with E-state index in [0.717, 1.165) is 31.6 Å². The first-order chi connectivity index (χ1) is 10.6. The maximum absolute atomic E-state index is 12.1. The largest absolute Gasteiger partial charge is 0.481 e. The summed E-state index contributed by atoms with van der Waals surface area (Å²) >= 11 is 0. The molecule has 0 bridgehead atoms. The van der Waals surface area contributed by atoms with Crippen LogP contribution < -0.4 is 10.1 Å². The van der Waals surface area contributed by atoms with Crippen LogP contribution in [-0.2, 0) is 17.6 Å². The van der Waals surface area contributed by atoms with Crippen molar-refractivity contribution in [3.05, 3.63) is 29.3 Å². The first-order valence-electron chi connectivity index (χ1n) is 8.28. The van der Waals surface area contributed by atoms with E-state index in [9.17, 15) is 4.79 Å². The van der Waals surface area contributed by atoms with Crippen molar-refractivity contribution in [2.75, 3.05) is 27.2 Å². The third kappa shape index (κ3) is 4.73. The number of aryl methyl sites for hydroxylation is 1. The number of hydrogen-bond donors (Lipinski definition) is 1. The Hall–Kier alpha value is -1.55. The molecule has 0 aromatic heterocycles. The molecule has 1 N–H and O–H groups in total. The van der Waals surface area contributed by atoms with Crippen LogP contribution in [0.4, 0.5) is 0 Å². The van der Waals surface area contributed by atoms with E-state index in [1.165, 1.54) is 24.0 Å². The molecule has 4 nitrogen and oxygen atoms in total. The van der Waals surface area contributed by atoms with Crippen LogP contribution in [-0.4, -0.2) is 44.1 Å². The maximum Gasteiger partial charge on any atom is 0.260 e. The Morgan fingerprint density at radius 1 is 1.32 bits per heavy atom. The van der Waals surface area contributed by atoms with Gasteiger partial charge < -0.3 is 15.0 Å². The van der Waals surface area contributed by atoms with Crippen molar-refractivity contribution in [2.24, 2.45) is 0 Å². The van der Waals surface area contributed by atoms with Crippen LogP contribution in [0.3, 0.4) is 0 Å². The summed E-state index contributed by atoms with van der Waals surface area (Å²) < 4.78 is 5.93. The van der Waals surface area contributed by atoms with Gasteiger partial charge in [0.2, 0.25) is 0 Å². The Balaban J connectivity index is 1.86. The Labute approximate surface area is 133 Å². The van der Waals surface area contributed by atoms with Gasteiger partial charge >= 0.3 is 0 Å². The molecule has 2 rings (SSSR count). The second-order valence-corrected chi connectivity index (χ2v) is 6.31. The SMILES string of the molecule is C[C@H](Oc1cccc2c1CCCC2)C(=O)NCCCN(C)C. The number of nitrogens with one attached hydrogen (secondary N) is 1. The monoisotopic (exact) mass is 304 g/mol. The fraction of sp³-hybridized carbons (Fsp3) is 0.611. The average molecular weight is 304 g/mol. The summed E-state index contributed by atoms with van der Waals surface area (Å²) in [6.45, 7) is 3.49. The molecule has 1 aromatic carbocycles. The van der Waals surface area contributed by atoms with Crippen molar-refractivity contribution >= 4 is 5.91 Å². The van der Waals surface area contributed by atoms with Crippen LogP contribution in [0.5, 0.6) is 5.75 Å². The second kappa shape index (κ2) is 8.18. The predicted molar refractivity (Wildman–Crippen MR) is 89.4 cm³/mol. The summed E-state index contributed by atoms with van der Waals surface area (Å²) in [6.07, 6.45) is 5.14. The molecule has 122 valence electrons. The van der Waals surface area contributed by atoms with Crippen LogP contribution in [0, 0.1) is 0 Å². The Morgan fingerprint density at radius 2 is 2.09 bits per heavy atom. The lowest BCUT2D eigenvalue weighted by Crippen LogP contribution is -2.37. The quantitative estimate of drug-likeness (QED) is 0.787. The predicted octanol–water partition coefficient (Wildman–Crippen LogP) is 2.40. The highest BCUT2D eigenvalue weighted by atomic mass is 16.5. The Kier molecular flexibility index (Phi) is 6.25. The molecular formula is C18H28N2O2. The van der Waals surface area contributed by atoms with Crippen molar-refractivity contribution < 1.29 is 9.53 Å². The molecule has 1 amide bonds. The van der Waals surface area contributed by atoms with Crippen LogP contribution in [0.15, 0.2) is 18.2 Å². The first kappa shape index (κ1) is 16.8. The van der Waals surface area contributed by atoms with Gasteiger partial charge in [-0.3, -0.25) is 4.79 Å². The van der Waals surface area contributed by atoms with Gasteiger partial charge in [-0.15, -0.1) is 0 Å². The molecule has 0 heterocycles. The summed E-state index contributed by atoms with van der Waals surface area (Å²) in [5.74, 6) is 0.848. The van der Waals surface area contributed by atoms with Crippen molar-refractivity contribution in [1.82, 2.24) is 10.2 Å². The third-order valence-corrected chi connectivity index (χ3v) is 4.11. The third-order valence-electron chi connectivity index (χ3n) is 4.11. The van der Waals surface area contributed by atoms with Gasteiger partial charge in [-0.2, -0.15) is 0 Å². The molecular weight excluding hydrogens is 276 g/mol. The highest BCUT2D eigenvalue weighted by molar-refractivity contribution is 5.80. The summed E-state index contributed by atoms with van der Waals surface area (Å²) in [5, 5.41) is 2.95. The molecule has 0 aliphatic heterocycles. The van der Waals surface area contributed by atoms with Gasteiger partial charge in [0, 0.05) is 6.54 Å². The van der Waals surface area contributed by atoms with E-state index >= 15 is 0 Å². The number of hydrogen-bond acceptors (Lipinski definition) is 3. The lowest BCUT2D eigenvalue weighted by Gasteiger charge is -2.22. The molecule has 1 aliphatic carbocycles. The fourth-order valence-corrected chi connectivity index (χ4v) is 2.85. The highest BCUT2D eigenvalue weighted by Gasteiger charge is 2.18. The second-order valence-electron chi connectivity index (χ2n) is 6.31. The fourth-order valence-electron chi connectivity index (χ4n) is 2.85. The smallest absolute Gasteiger partial charge is 0.260 e. The topological polar surface area (TPSA) is 41.6 Å². The summed E-state index contributed by atoms with van der Waals surface area (Å²) in [5.41, 5.74) is 2.67. The molecule has 22 heavy (non-hydrogen) atoms. The molecule has 0 fully saturated rings. The van der Waals surface area contributed by atoms with Crippen LogP contribution in [0.2, 0.25) is 0 Å². The summed E-state index contributed by atoms with van der Waals surface area (Å²) in [4.78, 5) is 14.2. The molecule has 0 spiro atoms. The minimum atomic E-state index is -0.451. The Morgan fingerprint density at radius 3 is 2.86 bits per heavy atom. The average Bonchev–Trinajstić information content (AvgIpc) is 2.51. The van der Waals surface area contributed by atoms with Gasteiger partial charge in [0.05, 0.1) is 0 Å². The van der Waals surface area contributed by atoms with Crippen LogP contribution in [0.1, 0.15) is 37.3 Å². The molecule has 1 aliphatic rings. The molecule has 1 atom stereocenters. The molecule has 0 saturated carbocycles. The minimum absolute atomic E-state index is 0.0350. The highest BCUT2D eigenvalue weighted by Crippen LogP contribution is 2.30. The number of carbonyl (C=O) groups excluding carboxylic acids is 1. The van der Waals surface area contributed by atoms with E-state index < -0.39 is 6.10 Å². The van der Waals surface area contributed by atoms with Gasteiger partial charge in [-0.05, 0) is 76.9 Å². The van der Waals surface area contributed by atoms with Gasteiger partial charge in [0.25, 0.3) is 5.91 Å². The number of fused-ring (bicyclic) bond motifs is 1. The number of ether oxygens (including phenoxy) is 1. The van der Waals surface area contributed by atoms with E-state index in [-0.39, 0.29) is 5.91 Å². The molecule has 0 radical (unpaired) electrons. The number of nitrogens with zero attached hydrogens (tertiary/aromatic N) is 1.